The lowest BCUT2D eigenvalue weighted by Crippen LogP contribution is -2.56. The van der Waals surface area contributed by atoms with Gasteiger partial charge in [-0.05, 0) is 63.3 Å². The van der Waals surface area contributed by atoms with Crippen molar-refractivity contribution in [2.75, 3.05) is 20.6 Å². The predicted octanol–water partition coefficient (Wildman–Crippen LogP) is 3.56. The smallest absolute Gasteiger partial charge is 0.191 e. The zero-order chi connectivity index (χ0) is 17.6. The highest BCUT2D eigenvalue weighted by molar-refractivity contribution is 14.0. The average molecular weight is 474 g/mol. The first-order chi connectivity index (χ1) is 12.2. The van der Waals surface area contributed by atoms with Gasteiger partial charge in [0.25, 0.3) is 0 Å². The lowest BCUT2D eigenvalue weighted by molar-refractivity contribution is 0.0526. The number of rotatable bonds is 5. The van der Waals surface area contributed by atoms with E-state index >= 15 is 0 Å². The molecule has 2 unspecified atom stereocenters. The minimum atomic E-state index is -0.157. The summed E-state index contributed by atoms with van der Waals surface area (Å²) in [5.41, 5.74) is 1.05. The molecule has 2 aliphatic heterocycles. The number of aryl methyl sites for hydroxylation is 1. The molecule has 0 aliphatic carbocycles. The highest BCUT2D eigenvalue weighted by Crippen LogP contribution is 2.32. The fourth-order valence-electron chi connectivity index (χ4n) is 4.31. The Morgan fingerprint density at radius 3 is 2.65 bits per heavy atom. The van der Waals surface area contributed by atoms with Crippen molar-refractivity contribution in [3.05, 3.63) is 35.6 Å². The number of fused-ring (bicyclic) bond motifs is 2. The van der Waals surface area contributed by atoms with Crippen molar-refractivity contribution in [2.45, 2.75) is 63.1 Å². The Labute approximate surface area is 174 Å². The molecule has 2 saturated heterocycles. The van der Waals surface area contributed by atoms with Gasteiger partial charge in [0.2, 0.25) is 0 Å². The molecule has 1 aromatic rings. The minimum Gasteiger partial charge on any atom is -0.356 e. The van der Waals surface area contributed by atoms with Gasteiger partial charge in [0.15, 0.2) is 5.96 Å². The molecule has 2 heterocycles. The molecule has 3 rings (SSSR count). The van der Waals surface area contributed by atoms with E-state index in [4.69, 9.17) is 0 Å². The second-order valence-corrected chi connectivity index (χ2v) is 7.45. The third-order valence-electron chi connectivity index (χ3n) is 5.73. The summed E-state index contributed by atoms with van der Waals surface area (Å²) in [6.45, 7) is 0.843. The normalized spacial score (nSPS) is 26.1. The van der Waals surface area contributed by atoms with Crippen LogP contribution in [0.25, 0.3) is 0 Å². The van der Waals surface area contributed by atoms with Gasteiger partial charge in [0.05, 0.1) is 0 Å². The fraction of sp³-hybridized carbons (Fsp3) is 0.650. The maximum Gasteiger partial charge on any atom is 0.191 e. The van der Waals surface area contributed by atoms with Crippen LogP contribution in [0.5, 0.6) is 0 Å². The number of halogens is 2. The summed E-state index contributed by atoms with van der Waals surface area (Å²) in [5.74, 6) is 0.739. The number of hydrogen-bond acceptors (Lipinski definition) is 2. The number of hydrogen-bond donors (Lipinski definition) is 2. The van der Waals surface area contributed by atoms with Crippen LogP contribution in [0.3, 0.4) is 0 Å². The van der Waals surface area contributed by atoms with Gasteiger partial charge in [-0.1, -0.05) is 18.6 Å². The standard InChI is InChI=1S/C20H31FN4.HI/c1-22-20(23-11-5-7-15-6-3-8-16(21)12-15)24-17-13-18-9-4-10-19(14-17)25(18)2;/h3,6,8,12,17-19H,4-5,7,9-11,13-14H2,1-2H3,(H2,22,23,24);1H. The van der Waals surface area contributed by atoms with Crippen molar-refractivity contribution < 1.29 is 4.39 Å². The Morgan fingerprint density at radius 2 is 2.00 bits per heavy atom. The molecule has 2 bridgehead atoms. The molecule has 0 spiro atoms. The number of nitrogens with zero attached hydrogens (tertiary/aromatic N) is 2. The van der Waals surface area contributed by atoms with E-state index in [0.717, 1.165) is 43.0 Å². The minimum absolute atomic E-state index is 0. The molecule has 0 radical (unpaired) electrons. The van der Waals surface area contributed by atoms with E-state index < -0.39 is 0 Å². The van der Waals surface area contributed by atoms with Crippen LogP contribution in [-0.4, -0.2) is 49.6 Å². The summed E-state index contributed by atoms with van der Waals surface area (Å²) >= 11 is 0. The second-order valence-electron chi connectivity index (χ2n) is 7.45. The molecule has 26 heavy (non-hydrogen) atoms. The maximum atomic E-state index is 13.2. The Balaban J connectivity index is 0.00000243. The molecule has 2 fully saturated rings. The first-order valence-corrected chi connectivity index (χ1v) is 9.59. The lowest BCUT2D eigenvalue weighted by Gasteiger charge is -2.47. The molecular formula is C20H32FIN4. The summed E-state index contributed by atoms with van der Waals surface area (Å²) in [5, 5.41) is 7.02. The molecule has 146 valence electrons. The number of nitrogens with one attached hydrogen (secondary N) is 2. The molecule has 2 N–H and O–H groups in total. The van der Waals surface area contributed by atoms with Gasteiger partial charge < -0.3 is 15.5 Å². The Kier molecular flexibility index (Phi) is 8.60. The second kappa shape index (κ2) is 10.4. The van der Waals surface area contributed by atoms with E-state index in [0.29, 0.717) is 6.04 Å². The molecular weight excluding hydrogens is 442 g/mol. The summed E-state index contributed by atoms with van der Waals surface area (Å²) in [6, 6.07) is 8.81. The van der Waals surface area contributed by atoms with E-state index in [1.54, 1.807) is 12.1 Å². The van der Waals surface area contributed by atoms with Crippen LogP contribution in [0.4, 0.5) is 4.39 Å². The maximum absolute atomic E-state index is 13.2. The van der Waals surface area contributed by atoms with Gasteiger partial charge in [-0.2, -0.15) is 0 Å². The van der Waals surface area contributed by atoms with Crippen molar-refractivity contribution in [1.29, 1.82) is 0 Å². The van der Waals surface area contributed by atoms with E-state index in [2.05, 4.69) is 27.6 Å². The van der Waals surface area contributed by atoms with Gasteiger partial charge in [0.1, 0.15) is 5.82 Å². The molecule has 0 aromatic heterocycles. The monoisotopic (exact) mass is 474 g/mol. The van der Waals surface area contributed by atoms with Gasteiger partial charge in [-0.15, -0.1) is 24.0 Å². The summed E-state index contributed by atoms with van der Waals surface area (Å²) < 4.78 is 13.2. The first kappa shape index (κ1) is 21.4. The third-order valence-corrected chi connectivity index (χ3v) is 5.73. The Morgan fingerprint density at radius 1 is 1.27 bits per heavy atom. The van der Waals surface area contributed by atoms with Crippen LogP contribution in [-0.2, 0) is 6.42 Å². The number of benzene rings is 1. The van der Waals surface area contributed by atoms with Crippen molar-refractivity contribution in [1.82, 2.24) is 15.5 Å². The summed E-state index contributed by atoms with van der Waals surface area (Å²) in [7, 11) is 4.11. The molecule has 0 saturated carbocycles. The van der Waals surface area contributed by atoms with Crippen LogP contribution in [0.1, 0.15) is 44.1 Å². The average Bonchev–Trinajstić information content (AvgIpc) is 2.58. The highest BCUT2D eigenvalue weighted by atomic mass is 127. The Bertz CT molecular complexity index is 581. The van der Waals surface area contributed by atoms with Gasteiger partial charge >= 0.3 is 0 Å². The quantitative estimate of drug-likeness (QED) is 0.297. The zero-order valence-corrected chi connectivity index (χ0v) is 18.2. The van der Waals surface area contributed by atoms with Crippen LogP contribution < -0.4 is 10.6 Å². The van der Waals surface area contributed by atoms with E-state index in [1.807, 2.05) is 13.1 Å². The van der Waals surface area contributed by atoms with Crippen molar-refractivity contribution in [3.8, 4) is 0 Å². The van der Waals surface area contributed by atoms with Crippen LogP contribution in [0.15, 0.2) is 29.3 Å². The fourth-order valence-corrected chi connectivity index (χ4v) is 4.31. The van der Waals surface area contributed by atoms with Crippen LogP contribution in [0, 0.1) is 5.82 Å². The summed E-state index contributed by atoms with van der Waals surface area (Å²) in [6.07, 6.45) is 8.27. The van der Waals surface area contributed by atoms with E-state index in [-0.39, 0.29) is 29.8 Å². The number of aliphatic imine (C=N–C) groups is 1. The molecule has 2 aliphatic rings. The molecule has 2 atom stereocenters. The summed E-state index contributed by atoms with van der Waals surface area (Å²) in [4.78, 5) is 6.95. The number of piperidine rings is 2. The van der Waals surface area contributed by atoms with Crippen molar-refractivity contribution >= 4 is 29.9 Å². The van der Waals surface area contributed by atoms with Gasteiger partial charge in [0, 0.05) is 31.7 Å². The largest absolute Gasteiger partial charge is 0.356 e. The van der Waals surface area contributed by atoms with Crippen LogP contribution >= 0.6 is 24.0 Å². The molecule has 0 amide bonds. The van der Waals surface area contributed by atoms with Crippen molar-refractivity contribution in [2.24, 2.45) is 4.99 Å². The SMILES string of the molecule is CN=C(NCCCc1cccc(F)c1)NC1CC2CCCC(C1)N2C.I. The van der Waals surface area contributed by atoms with E-state index in [1.165, 1.54) is 38.2 Å². The van der Waals surface area contributed by atoms with Gasteiger partial charge in [-0.25, -0.2) is 4.39 Å². The van der Waals surface area contributed by atoms with E-state index in [9.17, 15) is 4.39 Å². The number of guanidine groups is 1. The first-order valence-electron chi connectivity index (χ1n) is 9.59. The zero-order valence-electron chi connectivity index (χ0n) is 15.9. The highest BCUT2D eigenvalue weighted by Gasteiger charge is 2.36. The van der Waals surface area contributed by atoms with Gasteiger partial charge in [-0.3, -0.25) is 4.99 Å². The lowest BCUT2D eigenvalue weighted by atomic mass is 9.82. The molecule has 6 heteroatoms. The van der Waals surface area contributed by atoms with Crippen LogP contribution in [0.2, 0.25) is 0 Å². The topological polar surface area (TPSA) is 39.7 Å². The van der Waals surface area contributed by atoms with Crippen molar-refractivity contribution in [3.63, 3.8) is 0 Å². The molecule has 1 aromatic carbocycles. The third kappa shape index (κ3) is 5.81. The molecule has 4 nitrogen and oxygen atoms in total. The Hall–Kier alpha value is -0.890. The predicted molar refractivity (Wildman–Crippen MR) is 117 cm³/mol.